The third kappa shape index (κ3) is 3.22. The molecular weight excluding hydrogens is 232 g/mol. The molecule has 0 amide bonds. The summed E-state index contributed by atoms with van der Waals surface area (Å²) >= 11 is 0. The van der Waals surface area contributed by atoms with E-state index in [0.717, 1.165) is 17.9 Å². The van der Waals surface area contributed by atoms with Crippen molar-refractivity contribution in [2.75, 3.05) is 0 Å². The normalized spacial score (nSPS) is 11.6. The summed E-state index contributed by atoms with van der Waals surface area (Å²) in [6.07, 6.45) is 6.96. The maximum Gasteiger partial charge on any atom is 0.103 e. The van der Waals surface area contributed by atoms with E-state index in [-0.39, 0.29) is 0 Å². The van der Waals surface area contributed by atoms with Crippen LogP contribution in [0.2, 0.25) is 0 Å². The molecule has 0 saturated carbocycles. The number of allylic oxidation sites excluding steroid dienone is 2. The number of nitrogens with zero attached hydrogens (tertiary/aromatic N) is 1. The number of H-pyrrole nitrogens is 1. The molecule has 19 heavy (non-hydrogen) atoms. The first kappa shape index (κ1) is 13.3. The molecule has 0 aliphatic rings. The lowest BCUT2D eigenvalue weighted by molar-refractivity contribution is 1.15. The Labute approximate surface area is 114 Å². The van der Waals surface area contributed by atoms with Crippen LogP contribution in [0.3, 0.4) is 0 Å². The van der Waals surface area contributed by atoms with Crippen molar-refractivity contribution in [1.29, 1.82) is 0 Å². The van der Waals surface area contributed by atoms with E-state index in [1.165, 1.54) is 22.3 Å². The van der Waals surface area contributed by atoms with Crippen LogP contribution in [-0.4, -0.2) is 9.97 Å². The fourth-order valence-corrected chi connectivity index (χ4v) is 2.12. The smallest absolute Gasteiger partial charge is 0.103 e. The molecule has 0 spiro atoms. The van der Waals surface area contributed by atoms with Gasteiger partial charge in [-0.05, 0) is 49.9 Å². The molecule has 1 aromatic heterocycles. The average Bonchev–Trinajstić information content (AvgIpc) is 2.79. The molecule has 1 aromatic carbocycles. The molecule has 0 saturated heterocycles. The minimum atomic E-state index is 0.931. The lowest BCUT2D eigenvalue weighted by Gasteiger charge is -2.05. The molecule has 0 aliphatic carbocycles. The van der Waals surface area contributed by atoms with E-state index in [4.69, 9.17) is 0 Å². The van der Waals surface area contributed by atoms with Crippen LogP contribution in [0.25, 0.3) is 17.3 Å². The molecule has 0 aliphatic heterocycles. The van der Waals surface area contributed by atoms with Crippen LogP contribution in [0.1, 0.15) is 30.3 Å². The summed E-state index contributed by atoms with van der Waals surface area (Å²) in [4.78, 5) is 7.50. The van der Waals surface area contributed by atoms with Crippen molar-refractivity contribution in [2.45, 2.75) is 27.2 Å². The van der Waals surface area contributed by atoms with Gasteiger partial charge in [0.15, 0.2) is 0 Å². The van der Waals surface area contributed by atoms with Crippen LogP contribution in [0.5, 0.6) is 0 Å². The first-order chi connectivity index (χ1) is 9.10. The van der Waals surface area contributed by atoms with E-state index >= 15 is 0 Å². The molecule has 0 unspecified atom stereocenters. The van der Waals surface area contributed by atoms with Gasteiger partial charge in [0.1, 0.15) is 5.82 Å². The second kappa shape index (κ2) is 5.70. The van der Waals surface area contributed by atoms with Gasteiger partial charge < -0.3 is 4.98 Å². The zero-order valence-electron chi connectivity index (χ0n) is 11.8. The Morgan fingerprint density at radius 1 is 1.37 bits per heavy atom. The number of rotatable bonds is 4. The van der Waals surface area contributed by atoms with Crippen molar-refractivity contribution in [1.82, 2.24) is 9.97 Å². The zero-order valence-corrected chi connectivity index (χ0v) is 11.8. The third-order valence-electron chi connectivity index (χ3n) is 3.15. The minimum absolute atomic E-state index is 0.931. The molecule has 2 aromatic rings. The summed E-state index contributed by atoms with van der Waals surface area (Å²) < 4.78 is 0. The van der Waals surface area contributed by atoms with Crippen molar-refractivity contribution in [3.63, 3.8) is 0 Å². The largest absolute Gasteiger partial charge is 0.342 e. The SMILES string of the molecule is C=CC/C(C)=C\c1ccc(-c2cnc(C)[nH]2)cc1C. The predicted molar refractivity (Wildman–Crippen MR) is 82.0 cm³/mol. The fraction of sp³-hybridized carbons (Fsp3) is 0.235. The van der Waals surface area contributed by atoms with Gasteiger partial charge >= 0.3 is 0 Å². The van der Waals surface area contributed by atoms with Gasteiger partial charge in [-0.25, -0.2) is 4.98 Å². The minimum Gasteiger partial charge on any atom is -0.342 e. The van der Waals surface area contributed by atoms with Crippen LogP contribution in [0.15, 0.2) is 42.6 Å². The highest BCUT2D eigenvalue weighted by Gasteiger charge is 2.03. The van der Waals surface area contributed by atoms with Crippen molar-refractivity contribution in [3.8, 4) is 11.3 Å². The topological polar surface area (TPSA) is 28.7 Å². The summed E-state index contributed by atoms with van der Waals surface area (Å²) in [5, 5.41) is 0. The number of imidazole rings is 1. The molecule has 0 radical (unpaired) electrons. The first-order valence-corrected chi connectivity index (χ1v) is 6.51. The Kier molecular flexibility index (Phi) is 4.00. The number of hydrogen-bond acceptors (Lipinski definition) is 1. The van der Waals surface area contributed by atoms with Crippen LogP contribution < -0.4 is 0 Å². The van der Waals surface area contributed by atoms with Crippen LogP contribution >= 0.6 is 0 Å². The van der Waals surface area contributed by atoms with Crippen molar-refractivity contribution >= 4 is 6.08 Å². The van der Waals surface area contributed by atoms with Gasteiger partial charge in [0.05, 0.1) is 11.9 Å². The van der Waals surface area contributed by atoms with Gasteiger partial charge in [-0.2, -0.15) is 0 Å². The lowest BCUT2D eigenvalue weighted by atomic mass is 10.0. The first-order valence-electron chi connectivity index (χ1n) is 6.51. The van der Waals surface area contributed by atoms with E-state index in [2.05, 4.69) is 54.7 Å². The molecular formula is C17H20N2. The Morgan fingerprint density at radius 3 is 2.74 bits per heavy atom. The number of nitrogens with one attached hydrogen (secondary N) is 1. The number of aromatic amines is 1. The molecule has 2 nitrogen and oxygen atoms in total. The maximum absolute atomic E-state index is 4.24. The Bertz CT molecular complexity index is 618. The van der Waals surface area contributed by atoms with Gasteiger partial charge in [-0.1, -0.05) is 29.9 Å². The second-order valence-electron chi connectivity index (χ2n) is 4.94. The summed E-state index contributed by atoms with van der Waals surface area (Å²) in [5.41, 5.74) is 6.10. The summed E-state index contributed by atoms with van der Waals surface area (Å²) in [6, 6.07) is 6.49. The third-order valence-corrected chi connectivity index (χ3v) is 3.15. The van der Waals surface area contributed by atoms with E-state index in [1.54, 1.807) is 0 Å². The Morgan fingerprint density at radius 2 is 2.16 bits per heavy atom. The highest BCUT2D eigenvalue weighted by atomic mass is 14.9. The van der Waals surface area contributed by atoms with Crippen LogP contribution in [0.4, 0.5) is 0 Å². The molecule has 0 fully saturated rings. The standard InChI is InChI=1S/C17H20N2/c1-5-6-12(2)9-15-7-8-16(10-13(15)3)17-11-18-14(4)19-17/h5,7-11H,1,6H2,2-4H3,(H,18,19)/b12-9-. The quantitative estimate of drug-likeness (QED) is 0.787. The molecule has 0 bridgehead atoms. The van der Waals surface area contributed by atoms with Crippen molar-refractivity contribution in [3.05, 3.63) is 59.6 Å². The highest BCUT2D eigenvalue weighted by molar-refractivity contribution is 5.65. The van der Waals surface area contributed by atoms with Gasteiger partial charge in [0.2, 0.25) is 0 Å². The zero-order chi connectivity index (χ0) is 13.8. The van der Waals surface area contributed by atoms with Crippen molar-refractivity contribution in [2.24, 2.45) is 0 Å². The molecule has 2 heteroatoms. The number of hydrogen-bond donors (Lipinski definition) is 1. The van der Waals surface area contributed by atoms with E-state index < -0.39 is 0 Å². The van der Waals surface area contributed by atoms with E-state index in [9.17, 15) is 0 Å². The van der Waals surface area contributed by atoms with Gasteiger partial charge in [-0.3, -0.25) is 0 Å². The van der Waals surface area contributed by atoms with Gasteiger partial charge in [0, 0.05) is 0 Å². The summed E-state index contributed by atoms with van der Waals surface area (Å²) in [7, 11) is 0. The van der Waals surface area contributed by atoms with Gasteiger partial charge in [-0.15, -0.1) is 6.58 Å². The molecule has 2 rings (SSSR count). The molecule has 0 atom stereocenters. The lowest BCUT2D eigenvalue weighted by Crippen LogP contribution is -1.85. The molecule has 1 heterocycles. The Hall–Kier alpha value is -2.09. The summed E-state index contributed by atoms with van der Waals surface area (Å²) in [6.45, 7) is 10.0. The second-order valence-corrected chi connectivity index (χ2v) is 4.94. The Balaban J connectivity index is 2.32. The predicted octanol–water partition coefficient (Wildman–Crippen LogP) is 4.67. The van der Waals surface area contributed by atoms with E-state index in [1.807, 2.05) is 19.2 Å². The monoisotopic (exact) mass is 252 g/mol. The number of aromatic nitrogens is 2. The fourth-order valence-electron chi connectivity index (χ4n) is 2.12. The van der Waals surface area contributed by atoms with Crippen LogP contribution in [0, 0.1) is 13.8 Å². The van der Waals surface area contributed by atoms with E-state index in [0.29, 0.717) is 0 Å². The van der Waals surface area contributed by atoms with Crippen LogP contribution in [-0.2, 0) is 0 Å². The number of aryl methyl sites for hydroxylation is 2. The molecule has 1 N–H and O–H groups in total. The highest BCUT2D eigenvalue weighted by Crippen LogP contribution is 2.22. The number of benzene rings is 1. The van der Waals surface area contributed by atoms with Gasteiger partial charge in [0.25, 0.3) is 0 Å². The summed E-state index contributed by atoms with van der Waals surface area (Å²) in [5.74, 6) is 0.943. The maximum atomic E-state index is 4.24. The average molecular weight is 252 g/mol. The van der Waals surface area contributed by atoms with Crippen molar-refractivity contribution < 1.29 is 0 Å². The molecule has 98 valence electrons.